The van der Waals surface area contributed by atoms with Crippen LogP contribution in [0.1, 0.15) is 64.8 Å². The van der Waals surface area contributed by atoms with Gasteiger partial charge in [-0.25, -0.2) is 0 Å². The van der Waals surface area contributed by atoms with E-state index in [-0.39, 0.29) is 5.41 Å². The molecule has 126 valence electrons. The predicted octanol–water partition coefficient (Wildman–Crippen LogP) is 3.41. The maximum absolute atomic E-state index is 4.48. The summed E-state index contributed by atoms with van der Waals surface area (Å²) in [6.45, 7) is 15.9. The largest absolute Gasteiger partial charge is 0.302 e. The van der Waals surface area contributed by atoms with E-state index < -0.39 is 0 Å². The lowest BCUT2D eigenvalue weighted by Crippen LogP contribution is -2.35. The van der Waals surface area contributed by atoms with Crippen LogP contribution in [0.3, 0.4) is 0 Å². The summed E-state index contributed by atoms with van der Waals surface area (Å²) in [5.41, 5.74) is 2.52. The van der Waals surface area contributed by atoms with Crippen LogP contribution in [0, 0.1) is 0 Å². The molecule has 2 heterocycles. The minimum absolute atomic E-state index is 0.123. The van der Waals surface area contributed by atoms with Gasteiger partial charge in [0, 0.05) is 30.7 Å². The highest BCUT2D eigenvalue weighted by molar-refractivity contribution is 5.16. The first-order valence-corrected chi connectivity index (χ1v) is 8.98. The van der Waals surface area contributed by atoms with Gasteiger partial charge in [0.05, 0.1) is 5.69 Å². The summed E-state index contributed by atoms with van der Waals surface area (Å²) >= 11 is 0. The van der Waals surface area contributed by atoms with Crippen LogP contribution in [0.5, 0.6) is 0 Å². The molecule has 4 nitrogen and oxygen atoms in total. The topological polar surface area (TPSA) is 35.2 Å². The summed E-state index contributed by atoms with van der Waals surface area (Å²) in [6, 6.07) is 2.23. The van der Waals surface area contributed by atoms with Crippen molar-refractivity contribution in [3.05, 3.63) is 17.5 Å². The summed E-state index contributed by atoms with van der Waals surface area (Å²) in [5.74, 6) is 0. The molecule has 4 heteroatoms. The van der Waals surface area contributed by atoms with Crippen molar-refractivity contribution < 1.29 is 0 Å². The van der Waals surface area contributed by atoms with E-state index in [2.05, 4.69) is 53.8 Å². The Morgan fingerprint density at radius 1 is 1.18 bits per heavy atom. The Hall–Kier alpha value is -0.870. The molecule has 1 aliphatic rings. The number of rotatable bonds is 6. The van der Waals surface area contributed by atoms with Gasteiger partial charge in [-0.3, -0.25) is 10.00 Å². The summed E-state index contributed by atoms with van der Waals surface area (Å²) in [4.78, 5) is 5.16. The highest BCUT2D eigenvalue weighted by Gasteiger charge is 2.18. The van der Waals surface area contributed by atoms with Crippen LogP contribution in [0.2, 0.25) is 0 Å². The average molecular weight is 306 g/mol. The van der Waals surface area contributed by atoms with Crippen LogP contribution in [0.15, 0.2) is 6.07 Å². The molecule has 0 aliphatic carbocycles. The minimum Gasteiger partial charge on any atom is -0.302 e. The van der Waals surface area contributed by atoms with Gasteiger partial charge < -0.3 is 4.90 Å². The predicted molar refractivity (Wildman–Crippen MR) is 93.1 cm³/mol. The lowest BCUT2D eigenvalue weighted by atomic mass is 9.92. The Labute approximate surface area is 136 Å². The van der Waals surface area contributed by atoms with Gasteiger partial charge in [-0.2, -0.15) is 5.10 Å². The molecule has 1 fully saturated rings. The number of hydrogen-bond acceptors (Lipinski definition) is 3. The molecule has 1 aliphatic heterocycles. The number of nitrogens with one attached hydrogen (secondary N) is 1. The second-order valence-electron chi connectivity index (χ2n) is 7.65. The van der Waals surface area contributed by atoms with Crippen molar-refractivity contribution in [3.63, 3.8) is 0 Å². The first-order valence-electron chi connectivity index (χ1n) is 8.98. The van der Waals surface area contributed by atoms with Gasteiger partial charge in [-0.05, 0) is 38.5 Å². The maximum Gasteiger partial charge on any atom is 0.0678 e. The SMILES string of the molecule is CCN(CCN1CCCCCC1)Cc1cc(C(C)(C)C)n[nH]1. The normalized spacial score (nSPS) is 17.9. The first kappa shape index (κ1) is 17.5. The minimum atomic E-state index is 0.123. The van der Waals surface area contributed by atoms with Crippen molar-refractivity contribution in [1.29, 1.82) is 0 Å². The number of hydrogen-bond donors (Lipinski definition) is 1. The lowest BCUT2D eigenvalue weighted by Gasteiger charge is -2.25. The fourth-order valence-corrected chi connectivity index (χ4v) is 3.06. The van der Waals surface area contributed by atoms with Gasteiger partial charge in [0.25, 0.3) is 0 Å². The van der Waals surface area contributed by atoms with Crippen LogP contribution in [0.25, 0.3) is 0 Å². The Bertz CT molecular complexity index is 425. The van der Waals surface area contributed by atoms with Crippen LogP contribution in [0.4, 0.5) is 0 Å². The molecule has 2 rings (SSSR count). The molecule has 0 radical (unpaired) electrons. The quantitative estimate of drug-likeness (QED) is 0.875. The van der Waals surface area contributed by atoms with Gasteiger partial charge in [-0.15, -0.1) is 0 Å². The van der Waals surface area contributed by atoms with Crippen molar-refractivity contribution in [2.75, 3.05) is 32.7 Å². The van der Waals surface area contributed by atoms with Gasteiger partial charge in [-0.1, -0.05) is 40.5 Å². The van der Waals surface area contributed by atoms with E-state index in [1.165, 1.54) is 51.0 Å². The molecule has 1 aromatic rings. The Morgan fingerprint density at radius 2 is 1.86 bits per heavy atom. The molecule has 1 N–H and O–H groups in total. The molecule has 1 aromatic heterocycles. The van der Waals surface area contributed by atoms with Crippen LogP contribution < -0.4 is 0 Å². The summed E-state index contributed by atoms with van der Waals surface area (Å²) in [7, 11) is 0. The van der Waals surface area contributed by atoms with E-state index in [0.29, 0.717) is 0 Å². The third-order valence-corrected chi connectivity index (χ3v) is 4.67. The Kier molecular flexibility index (Phi) is 6.45. The van der Waals surface area contributed by atoms with Crippen molar-refractivity contribution in [1.82, 2.24) is 20.0 Å². The fourth-order valence-electron chi connectivity index (χ4n) is 3.06. The zero-order valence-electron chi connectivity index (χ0n) is 15.0. The van der Waals surface area contributed by atoms with E-state index in [0.717, 1.165) is 25.3 Å². The highest BCUT2D eigenvalue weighted by atomic mass is 15.2. The van der Waals surface area contributed by atoms with Gasteiger partial charge >= 0.3 is 0 Å². The standard InChI is InChI=1S/C18H34N4/c1-5-21(12-13-22-10-8-6-7-9-11-22)15-16-14-17(20-19-16)18(2,3)4/h14H,5-13,15H2,1-4H3,(H,19,20). The van der Waals surface area contributed by atoms with E-state index in [1.54, 1.807) is 0 Å². The number of aromatic nitrogens is 2. The fraction of sp³-hybridized carbons (Fsp3) is 0.833. The molecule has 22 heavy (non-hydrogen) atoms. The molecule has 0 amide bonds. The molecular formula is C18H34N4. The molecular weight excluding hydrogens is 272 g/mol. The van der Waals surface area contributed by atoms with E-state index >= 15 is 0 Å². The van der Waals surface area contributed by atoms with E-state index in [4.69, 9.17) is 0 Å². The third-order valence-electron chi connectivity index (χ3n) is 4.67. The number of H-pyrrole nitrogens is 1. The second kappa shape index (κ2) is 8.11. The molecule has 0 atom stereocenters. The lowest BCUT2D eigenvalue weighted by molar-refractivity contribution is 0.207. The highest BCUT2D eigenvalue weighted by Crippen LogP contribution is 2.20. The smallest absolute Gasteiger partial charge is 0.0678 e. The monoisotopic (exact) mass is 306 g/mol. The zero-order valence-corrected chi connectivity index (χ0v) is 15.0. The van der Waals surface area contributed by atoms with Gasteiger partial charge in [0.1, 0.15) is 0 Å². The van der Waals surface area contributed by atoms with Crippen LogP contribution >= 0.6 is 0 Å². The van der Waals surface area contributed by atoms with Crippen molar-refractivity contribution in [3.8, 4) is 0 Å². The Balaban J connectivity index is 1.82. The van der Waals surface area contributed by atoms with Gasteiger partial charge in [0.2, 0.25) is 0 Å². The average Bonchev–Trinajstić information content (AvgIpc) is 2.79. The molecule has 0 spiro atoms. The zero-order chi connectivity index (χ0) is 16.0. The number of likely N-dealkylation sites (tertiary alicyclic amines) is 1. The number of likely N-dealkylation sites (N-methyl/N-ethyl adjacent to an activating group) is 1. The molecule has 1 saturated heterocycles. The van der Waals surface area contributed by atoms with Crippen LogP contribution in [-0.2, 0) is 12.0 Å². The molecule has 0 saturated carbocycles. The second-order valence-corrected chi connectivity index (χ2v) is 7.65. The van der Waals surface area contributed by atoms with Crippen molar-refractivity contribution in [2.45, 2.75) is 65.3 Å². The van der Waals surface area contributed by atoms with E-state index in [1.807, 2.05) is 0 Å². The van der Waals surface area contributed by atoms with Crippen molar-refractivity contribution >= 4 is 0 Å². The first-order chi connectivity index (χ1) is 10.5. The molecule has 0 unspecified atom stereocenters. The van der Waals surface area contributed by atoms with Crippen molar-refractivity contribution in [2.24, 2.45) is 0 Å². The van der Waals surface area contributed by atoms with Gasteiger partial charge in [0.15, 0.2) is 0 Å². The summed E-state index contributed by atoms with van der Waals surface area (Å²) < 4.78 is 0. The maximum atomic E-state index is 4.48. The molecule has 0 bridgehead atoms. The Morgan fingerprint density at radius 3 is 2.41 bits per heavy atom. The van der Waals surface area contributed by atoms with E-state index in [9.17, 15) is 0 Å². The third kappa shape index (κ3) is 5.40. The van der Waals surface area contributed by atoms with Crippen LogP contribution in [-0.4, -0.2) is 52.7 Å². The summed E-state index contributed by atoms with van der Waals surface area (Å²) in [6.07, 6.45) is 5.58. The summed E-state index contributed by atoms with van der Waals surface area (Å²) in [5, 5.41) is 7.69. The molecule has 0 aromatic carbocycles. The number of aromatic amines is 1. The number of nitrogens with zero attached hydrogens (tertiary/aromatic N) is 3.